The maximum absolute atomic E-state index is 12.5. The molecule has 1 amide bonds. The second-order valence-corrected chi connectivity index (χ2v) is 7.09. The highest BCUT2D eigenvalue weighted by atomic mass is 16.5. The molecule has 1 aliphatic rings. The number of rotatable bonds is 8. The first-order chi connectivity index (χ1) is 13.3. The van der Waals surface area contributed by atoms with Crippen molar-refractivity contribution in [2.24, 2.45) is 5.92 Å². The Kier molecular flexibility index (Phi) is 7.28. The molecular formula is C23H30N2O2. The van der Waals surface area contributed by atoms with Crippen LogP contribution >= 0.6 is 0 Å². The van der Waals surface area contributed by atoms with Gasteiger partial charge in [0.15, 0.2) is 0 Å². The van der Waals surface area contributed by atoms with E-state index in [2.05, 4.69) is 30.4 Å². The SMILES string of the molecule is CCNCC1CCN(C(=O)CCOc2ccccc2-c2ccccc2)CC1. The summed E-state index contributed by atoms with van der Waals surface area (Å²) in [5.41, 5.74) is 2.19. The van der Waals surface area contributed by atoms with Crippen molar-refractivity contribution in [2.45, 2.75) is 26.2 Å². The molecule has 3 rings (SSSR count). The first-order valence-electron chi connectivity index (χ1n) is 10.0. The van der Waals surface area contributed by atoms with E-state index in [0.717, 1.165) is 55.9 Å². The fourth-order valence-electron chi connectivity index (χ4n) is 3.59. The Bertz CT molecular complexity index is 709. The van der Waals surface area contributed by atoms with Crippen molar-refractivity contribution in [3.05, 3.63) is 54.6 Å². The summed E-state index contributed by atoms with van der Waals surface area (Å²) in [5, 5.41) is 3.41. The van der Waals surface area contributed by atoms with Crippen LogP contribution in [-0.4, -0.2) is 43.6 Å². The number of para-hydroxylation sites is 1. The number of amides is 1. The first-order valence-corrected chi connectivity index (χ1v) is 10.0. The second kappa shape index (κ2) is 10.1. The quantitative estimate of drug-likeness (QED) is 0.769. The van der Waals surface area contributed by atoms with E-state index in [1.807, 2.05) is 41.3 Å². The summed E-state index contributed by atoms with van der Waals surface area (Å²) in [6.45, 7) is 6.37. The Morgan fingerprint density at radius 3 is 2.52 bits per heavy atom. The molecule has 0 spiro atoms. The van der Waals surface area contributed by atoms with Crippen LogP contribution in [0.3, 0.4) is 0 Å². The summed E-state index contributed by atoms with van der Waals surface area (Å²) in [4.78, 5) is 14.5. The Morgan fingerprint density at radius 1 is 1.07 bits per heavy atom. The van der Waals surface area contributed by atoms with Crippen molar-refractivity contribution in [2.75, 3.05) is 32.8 Å². The monoisotopic (exact) mass is 366 g/mol. The molecule has 0 aromatic heterocycles. The number of hydrogen-bond donors (Lipinski definition) is 1. The van der Waals surface area contributed by atoms with Crippen LogP contribution in [0.25, 0.3) is 11.1 Å². The number of benzene rings is 2. The summed E-state index contributed by atoms with van der Waals surface area (Å²) >= 11 is 0. The van der Waals surface area contributed by atoms with Crippen molar-refractivity contribution >= 4 is 5.91 Å². The molecule has 0 bridgehead atoms. The molecule has 0 saturated carbocycles. The molecule has 1 heterocycles. The minimum absolute atomic E-state index is 0.203. The van der Waals surface area contributed by atoms with Crippen molar-refractivity contribution in [1.82, 2.24) is 10.2 Å². The number of hydrogen-bond acceptors (Lipinski definition) is 3. The van der Waals surface area contributed by atoms with E-state index in [0.29, 0.717) is 18.9 Å². The van der Waals surface area contributed by atoms with Gasteiger partial charge in [0.05, 0.1) is 13.0 Å². The van der Waals surface area contributed by atoms with Crippen LogP contribution in [-0.2, 0) is 4.79 Å². The van der Waals surface area contributed by atoms with Gasteiger partial charge in [-0.25, -0.2) is 0 Å². The van der Waals surface area contributed by atoms with E-state index < -0.39 is 0 Å². The van der Waals surface area contributed by atoms with Gasteiger partial charge in [0, 0.05) is 18.7 Å². The normalized spacial score (nSPS) is 14.9. The number of nitrogens with one attached hydrogen (secondary N) is 1. The summed E-state index contributed by atoms with van der Waals surface area (Å²) in [5.74, 6) is 1.73. The van der Waals surface area contributed by atoms with E-state index >= 15 is 0 Å². The summed E-state index contributed by atoms with van der Waals surface area (Å²) in [6, 6.07) is 18.2. The van der Waals surface area contributed by atoms with E-state index in [4.69, 9.17) is 4.74 Å². The van der Waals surface area contributed by atoms with Gasteiger partial charge in [0.1, 0.15) is 5.75 Å². The van der Waals surface area contributed by atoms with Crippen molar-refractivity contribution in [3.63, 3.8) is 0 Å². The minimum atomic E-state index is 0.203. The predicted molar refractivity (Wildman–Crippen MR) is 110 cm³/mol. The van der Waals surface area contributed by atoms with Crippen LogP contribution in [0, 0.1) is 5.92 Å². The zero-order chi connectivity index (χ0) is 18.9. The van der Waals surface area contributed by atoms with Crippen LogP contribution in [0.15, 0.2) is 54.6 Å². The van der Waals surface area contributed by atoms with Crippen molar-refractivity contribution < 1.29 is 9.53 Å². The number of ether oxygens (including phenoxy) is 1. The number of carbonyl (C=O) groups is 1. The molecule has 4 heteroatoms. The van der Waals surface area contributed by atoms with Crippen LogP contribution in [0.4, 0.5) is 0 Å². The average Bonchev–Trinajstić information content (AvgIpc) is 2.73. The summed E-state index contributed by atoms with van der Waals surface area (Å²) < 4.78 is 5.97. The van der Waals surface area contributed by atoms with E-state index in [1.54, 1.807) is 0 Å². The molecule has 2 aromatic rings. The predicted octanol–water partition coefficient (Wildman–Crippen LogP) is 3.97. The maximum atomic E-state index is 12.5. The third-order valence-corrected chi connectivity index (χ3v) is 5.20. The second-order valence-electron chi connectivity index (χ2n) is 7.09. The largest absolute Gasteiger partial charge is 0.492 e. The Balaban J connectivity index is 1.47. The summed E-state index contributed by atoms with van der Waals surface area (Å²) in [7, 11) is 0. The van der Waals surface area contributed by atoms with Gasteiger partial charge in [-0.05, 0) is 43.5 Å². The van der Waals surface area contributed by atoms with Crippen LogP contribution in [0.2, 0.25) is 0 Å². The molecule has 4 nitrogen and oxygen atoms in total. The molecule has 1 fully saturated rings. The third-order valence-electron chi connectivity index (χ3n) is 5.20. The maximum Gasteiger partial charge on any atom is 0.225 e. The van der Waals surface area contributed by atoms with Gasteiger partial charge in [-0.2, -0.15) is 0 Å². The van der Waals surface area contributed by atoms with E-state index in [-0.39, 0.29) is 5.91 Å². The lowest BCUT2D eigenvalue weighted by atomic mass is 9.96. The Morgan fingerprint density at radius 2 is 1.78 bits per heavy atom. The lowest BCUT2D eigenvalue weighted by molar-refractivity contribution is -0.133. The minimum Gasteiger partial charge on any atom is -0.492 e. The number of likely N-dealkylation sites (tertiary alicyclic amines) is 1. The smallest absolute Gasteiger partial charge is 0.225 e. The van der Waals surface area contributed by atoms with Gasteiger partial charge in [-0.15, -0.1) is 0 Å². The Hall–Kier alpha value is -2.33. The van der Waals surface area contributed by atoms with Gasteiger partial charge in [0.25, 0.3) is 0 Å². The van der Waals surface area contributed by atoms with E-state index in [9.17, 15) is 4.79 Å². The number of carbonyl (C=O) groups excluding carboxylic acids is 1. The van der Waals surface area contributed by atoms with Crippen LogP contribution in [0.1, 0.15) is 26.2 Å². The average molecular weight is 367 g/mol. The lowest BCUT2D eigenvalue weighted by Gasteiger charge is -2.32. The zero-order valence-corrected chi connectivity index (χ0v) is 16.2. The van der Waals surface area contributed by atoms with Gasteiger partial charge in [0.2, 0.25) is 5.91 Å². The molecular weight excluding hydrogens is 336 g/mol. The molecule has 1 saturated heterocycles. The highest BCUT2D eigenvalue weighted by Crippen LogP contribution is 2.29. The third kappa shape index (κ3) is 5.57. The van der Waals surface area contributed by atoms with Crippen molar-refractivity contribution in [3.8, 4) is 16.9 Å². The molecule has 2 aromatic carbocycles. The van der Waals surface area contributed by atoms with Crippen LogP contribution in [0.5, 0.6) is 5.75 Å². The van der Waals surface area contributed by atoms with E-state index in [1.165, 1.54) is 0 Å². The first kappa shape index (κ1) is 19.4. The van der Waals surface area contributed by atoms with Gasteiger partial charge >= 0.3 is 0 Å². The molecule has 0 aliphatic carbocycles. The molecule has 0 unspecified atom stereocenters. The number of piperidine rings is 1. The standard InChI is InChI=1S/C23H30N2O2/c1-2-24-18-19-12-15-25(16-13-19)23(26)14-17-27-22-11-7-6-10-21(22)20-8-4-3-5-9-20/h3-11,19,24H,2,12-18H2,1H3. The molecule has 0 radical (unpaired) electrons. The fraction of sp³-hybridized carbons (Fsp3) is 0.435. The van der Waals surface area contributed by atoms with Gasteiger partial charge in [-0.1, -0.05) is 55.5 Å². The molecule has 1 N–H and O–H groups in total. The van der Waals surface area contributed by atoms with Crippen LogP contribution < -0.4 is 10.1 Å². The number of nitrogens with zero attached hydrogens (tertiary/aromatic N) is 1. The van der Waals surface area contributed by atoms with Gasteiger partial charge in [-0.3, -0.25) is 4.79 Å². The zero-order valence-electron chi connectivity index (χ0n) is 16.2. The molecule has 0 atom stereocenters. The molecule has 1 aliphatic heterocycles. The fourth-order valence-corrected chi connectivity index (χ4v) is 3.59. The van der Waals surface area contributed by atoms with Crippen molar-refractivity contribution in [1.29, 1.82) is 0 Å². The lowest BCUT2D eigenvalue weighted by Crippen LogP contribution is -2.41. The van der Waals surface area contributed by atoms with Gasteiger partial charge < -0.3 is 15.0 Å². The highest BCUT2D eigenvalue weighted by molar-refractivity contribution is 5.76. The Labute approximate surface area is 162 Å². The molecule has 27 heavy (non-hydrogen) atoms. The topological polar surface area (TPSA) is 41.6 Å². The highest BCUT2D eigenvalue weighted by Gasteiger charge is 2.22. The summed E-state index contributed by atoms with van der Waals surface area (Å²) in [6.07, 6.45) is 2.62. The molecule has 144 valence electrons.